The molecular weight excluding hydrogens is 254 g/mol. The number of aryl methyl sites for hydroxylation is 1. The van der Waals surface area contributed by atoms with Crippen LogP contribution in [0.3, 0.4) is 0 Å². The van der Waals surface area contributed by atoms with Crippen molar-refractivity contribution in [2.24, 2.45) is 0 Å². The van der Waals surface area contributed by atoms with Gasteiger partial charge in [0, 0.05) is 18.4 Å². The van der Waals surface area contributed by atoms with E-state index in [9.17, 15) is 4.79 Å². The summed E-state index contributed by atoms with van der Waals surface area (Å²) < 4.78 is 9.14. The first kappa shape index (κ1) is 14.4. The minimum absolute atomic E-state index is 0.273. The minimum atomic E-state index is -0.273. The van der Waals surface area contributed by atoms with Crippen molar-refractivity contribution in [1.29, 1.82) is 0 Å². The van der Waals surface area contributed by atoms with Crippen LogP contribution >= 0.6 is 0 Å². The molecule has 0 aliphatic rings. The first-order valence-corrected chi connectivity index (χ1v) is 6.88. The van der Waals surface area contributed by atoms with Crippen LogP contribution in [0.1, 0.15) is 48.6 Å². The van der Waals surface area contributed by atoms with Crippen LogP contribution in [-0.2, 0) is 11.3 Å². The van der Waals surface area contributed by atoms with Crippen molar-refractivity contribution in [3.63, 3.8) is 0 Å². The molecule has 0 spiro atoms. The standard InChI is InChI=1S/C15H21N3O2/c1-5-20-15(19)14-12(4)6-7-17(14)9-13-8-16-10-18(13)11(2)3/h6-8,10-11H,5,9H2,1-4H3. The Bertz CT molecular complexity index is 596. The van der Waals surface area contributed by atoms with E-state index in [0.717, 1.165) is 11.3 Å². The molecule has 2 aromatic rings. The van der Waals surface area contributed by atoms with E-state index in [1.54, 1.807) is 0 Å². The normalized spacial score (nSPS) is 11.1. The lowest BCUT2D eigenvalue weighted by Crippen LogP contribution is -2.15. The van der Waals surface area contributed by atoms with Crippen LogP contribution in [-0.4, -0.2) is 26.7 Å². The van der Waals surface area contributed by atoms with Gasteiger partial charge in [0.15, 0.2) is 0 Å². The summed E-state index contributed by atoms with van der Waals surface area (Å²) in [6.45, 7) is 8.95. The molecule has 0 unspecified atom stereocenters. The number of hydrogen-bond donors (Lipinski definition) is 0. The third-order valence-electron chi connectivity index (χ3n) is 3.27. The van der Waals surface area contributed by atoms with E-state index in [1.807, 2.05) is 43.2 Å². The second kappa shape index (κ2) is 5.94. The Morgan fingerprint density at radius 1 is 1.45 bits per heavy atom. The molecule has 0 amide bonds. The zero-order valence-electron chi connectivity index (χ0n) is 12.5. The molecule has 0 bridgehead atoms. The van der Waals surface area contributed by atoms with Crippen molar-refractivity contribution in [3.05, 3.63) is 41.7 Å². The van der Waals surface area contributed by atoms with Gasteiger partial charge in [-0.1, -0.05) is 0 Å². The van der Waals surface area contributed by atoms with Crippen molar-refractivity contribution in [2.75, 3.05) is 6.61 Å². The molecule has 0 saturated heterocycles. The van der Waals surface area contributed by atoms with Gasteiger partial charge in [0.1, 0.15) is 5.69 Å². The molecule has 0 aliphatic heterocycles. The Hall–Kier alpha value is -2.04. The predicted octanol–water partition coefficient (Wildman–Crippen LogP) is 2.80. The molecule has 2 heterocycles. The minimum Gasteiger partial charge on any atom is -0.461 e. The smallest absolute Gasteiger partial charge is 0.355 e. The number of carbonyl (C=O) groups is 1. The summed E-state index contributed by atoms with van der Waals surface area (Å²) in [6.07, 6.45) is 5.57. The van der Waals surface area contributed by atoms with Crippen LogP contribution < -0.4 is 0 Å². The average Bonchev–Trinajstić information content (AvgIpc) is 2.97. The fourth-order valence-electron chi connectivity index (χ4n) is 2.29. The Morgan fingerprint density at radius 3 is 2.85 bits per heavy atom. The van der Waals surface area contributed by atoms with Gasteiger partial charge in [-0.25, -0.2) is 9.78 Å². The van der Waals surface area contributed by atoms with Gasteiger partial charge in [-0.3, -0.25) is 0 Å². The number of rotatable bonds is 5. The van der Waals surface area contributed by atoms with Crippen molar-refractivity contribution in [1.82, 2.24) is 14.1 Å². The highest BCUT2D eigenvalue weighted by atomic mass is 16.5. The summed E-state index contributed by atoms with van der Waals surface area (Å²) in [5, 5.41) is 0. The lowest BCUT2D eigenvalue weighted by Gasteiger charge is -2.14. The fraction of sp³-hybridized carbons (Fsp3) is 0.467. The van der Waals surface area contributed by atoms with Crippen molar-refractivity contribution in [2.45, 2.75) is 40.3 Å². The van der Waals surface area contributed by atoms with Gasteiger partial charge in [-0.05, 0) is 39.3 Å². The van der Waals surface area contributed by atoms with Crippen molar-refractivity contribution in [3.8, 4) is 0 Å². The third-order valence-corrected chi connectivity index (χ3v) is 3.27. The summed E-state index contributed by atoms with van der Waals surface area (Å²) in [4.78, 5) is 16.2. The van der Waals surface area contributed by atoms with Crippen molar-refractivity contribution >= 4 is 5.97 Å². The number of ether oxygens (including phenoxy) is 1. The lowest BCUT2D eigenvalue weighted by molar-refractivity contribution is 0.0513. The Morgan fingerprint density at radius 2 is 2.20 bits per heavy atom. The van der Waals surface area contributed by atoms with Crippen molar-refractivity contribution < 1.29 is 9.53 Å². The summed E-state index contributed by atoms with van der Waals surface area (Å²) in [6, 6.07) is 2.28. The highest BCUT2D eigenvalue weighted by Gasteiger charge is 2.17. The number of carbonyl (C=O) groups excluding carboxylic acids is 1. The largest absolute Gasteiger partial charge is 0.461 e. The lowest BCUT2D eigenvalue weighted by atomic mass is 10.2. The quantitative estimate of drug-likeness (QED) is 0.788. The SMILES string of the molecule is CCOC(=O)c1c(C)ccn1Cc1cncn1C(C)C. The molecular formula is C15H21N3O2. The van der Waals surface area contributed by atoms with Crippen LogP contribution in [0, 0.1) is 6.92 Å². The predicted molar refractivity (Wildman–Crippen MR) is 76.8 cm³/mol. The van der Waals surface area contributed by atoms with E-state index in [4.69, 9.17) is 4.74 Å². The molecule has 2 rings (SSSR count). The first-order valence-electron chi connectivity index (χ1n) is 6.88. The molecule has 0 radical (unpaired) electrons. The number of nitrogens with zero attached hydrogens (tertiary/aromatic N) is 3. The molecule has 0 fully saturated rings. The Labute approximate surface area is 119 Å². The summed E-state index contributed by atoms with van der Waals surface area (Å²) in [7, 11) is 0. The number of hydrogen-bond acceptors (Lipinski definition) is 3. The zero-order chi connectivity index (χ0) is 14.7. The highest BCUT2D eigenvalue weighted by Crippen LogP contribution is 2.16. The molecule has 0 N–H and O–H groups in total. The maximum atomic E-state index is 12.0. The van der Waals surface area contributed by atoms with Gasteiger partial charge in [0.05, 0.1) is 25.2 Å². The molecule has 108 valence electrons. The molecule has 20 heavy (non-hydrogen) atoms. The molecule has 5 heteroatoms. The Kier molecular flexibility index (Phi) is 4.27. The van der Waals surface area contributed by atoms with Gasteiger partial charge in [0.25, 0.3) is 0 Å². The maximum absolute atomic E-state index is 12.0. The fourth-order valence-corrected chi connectivity index (χ4v) is 2.29. The van der Waals surface area contributed by atoms with E-state index in [0.29, 0.717) is 24.9 Å². The summed E-state index contributed by atoms with van der Waals surface area (Å²) in [5.74, 6) is -0.273. The van der Waals surface area contributed by atoms with Crippen LogP contribution in [0.15, 0.2) is 24.8 Å². The molecule has 0 aromatic carbocycles. The molecule has 0 atom stereocenters. The van der Waals surface area contributed by atoms with Gasteiger partial charge in [-0.2, -0.15) is 0 Å². The second-order valence-electron chi connectivity index (χ2n) is 5.08. The molecule has 5 nitrogen and oxygen atoms in total. The van der Waals surface area contributed by atoms with Crippen LogP contribution in [0.5, 0.6) is 0 Å². The second-order valence-corrected chi connectivity index (χ2v) is 5.08. The topological polar surface area (TPSA) is 49.1 Å². The number of esters is 1. The van der Waals surface area contributed by atoms with Crippen LogP contribution in [0.25, 0.3) is 0 Å². The van der Waals surface area contributed by atoms with E-state index >= 15 is 0 Å². The monoisotopic (exact) mass is 275 g/mol. The molecule has 2 aromatic heterocycles. The van der Waals surface area contributed by atoms with E-state index in [1.165, 1.54) is 0 Å². The number of aromatic nitrogens is 3. The van der Waals surface area contributed by atoms with Crippen LogP contribution in [0.4, 0.5) is 0 Å². The molecule has 0 saturated carbocycles. The van der Waals surface area contributed by atoms with E-state index in [2.05, 4.69) is 23.4 Å². The first-order chi connectivity index (χ1) is 9.54. The van der Waals surface area contributed by atoms with E-state index < -0.39 is 0 Å². The summed E-state index contributed by atoms with van der Waals surface area (Å²) >= 11 is 0. The zero-order valence-corrected chi connectivity index (χ0v) is 12.5. The maximum Gasteiger partial charge on any atom is 0.355 e. The average molecular weight is 275 g/mol. The molecule has 0 aliphatic carbocycles. The Balaban J connectivity index is 2.30. The number of imidazole rings is 1. The summed E-state index contributed by atoms with van der Waals surface area (Å²) in [5.41, 5.74) is 2.61. The van der Waals surface area contributed by atoms with Gasteiger partial charge in [0.2, 0.25) is 0 Å². The van der Waals surface area contributed by atoms with Gasteiger partial charge in [-0.15, -0.1) is 0 Å². The van der Waals surface area contributed by atoms with Crippen LogP contribution in [0.2, 0.25) is 0 Å². The van der Waals surface area contributed by atoms with E-state index in [-0.39, 0.29) is 5.97 Å². The third kappa shape index (κ3) is 2.76. The van der Waals surface area contributed by atoms with Gasteiger partial charge < -0.3 is 13.9 Å². The van der Waals surface area contributed by atoms with Gasteiger partial charge >= 0.3 is 5.97 Å². The highest BCUT2D eigenvalue weighted by molar-refractivity contribution is 5.89.